The summed E-state index contributed by atoms with van der Waals surface area (Å²) in [4.78, 5) is 36.1. The molecule has 2 rings (SSSR count). The summed E-state index contributed by atoms with van der Waals surface area (Å²) in [5.74, 6) is 0.139. The van der Waals surface area contributed by atoms with E-state index in [9.17, 15) is 14.4 Å². The third-order valence-electron chi connectivity index (χ3n) is 4.42. The van der Waals surface area contributed by atoms with Crippen molar-refractivity contribution in [1.29, 1.82) is 0 Å². The summed E-state index contributed by atoms with van der Waals surface area (Å²) >= 11 is 0. The van der Waals surface area contributed by atoms with Crippen LogP contribution in [0.15, 0.2) is 18.2 Å². The van der Waals surface area contributed by atoms with Crippen LogP contribution in [-0.2, 0) is 9.59 Å². The summed E-state index contributed by atoms with van der Waals surface area (Å²) in [5.41, 5.74) is 1.26. The number of rotatable bonds is 8. The van der Waals surface area contributed by atoms with Crippen LogP contribution < -0.4 is 25.6 Å². The quantitative estimate of drug-likeness (QED) is 0.574. The van der Waals surface area contributed by atoms with Gasteiger partial charge in [-0.1, -0.05) is 0 Å². The smallest absolute Gasteiger partial charge is 0.251 e. The molecule has 142 valence electrons. The van der Waals surface area contributed by atoms with E-state index >= 15 is 0 Å². The third-order valence-corrected chi connectivity index (χ3v) is 4.42. The number of methoxy groups -OCH3 is 1. The molecule has 1 fully saturated rings. The van der Waals surface area contributed by atoms with Crippen molar-refractivity contribution in [3.63, 3.8) is 0 Å². The molecule has 1 saturated heterocycles. The van der Waals surface area contributed by atoms with E-state index in [-0.39, 0.29) is 24.3 Å². The number of ether oxygens (including phenoxy) is 1. The van der Waals surface area contributed by atoms with E-state index in [1.165, 1.54) is 0 Å². The minimum absolute atomic E-state index is 0.118. The van der Waals surface area contributed by atoms with Crippen LogP contribution in [0.25, 0.3) is 0 Å². The van der Waals surface area contributed by atoms with Gasteiger partial charge in [0, 0.05) is 31.6 Å². The highest BCUT2D eigenvalue weighted by atomic mass is 16.5. The van der Waals surface area contributed by atoms with E-state index in [1.54, 1.807) is 32.4 Å². The third kappa shape index (κ3) is 5.45. The Bertz CT molecular complexity index is 644. The first kappa shape index (κ1) is 19.7. The standard InChI is InChI=1S/C18H26N4O4/c1-22(10-7-17(24)20-12-23)15-11-13(3-4-16(15)26-2)18(25)21-14-5-8-19-9-6-14/h3-4,11-12,14,19H,5-10H2,1-2H3,(H,21,25)(H,20,23,24). The first-order valence-electron chi connectivity index (χ1n) is 8.69. The van der Waals surface area contributed by atoms with Gasteiger partial charge in [-0.2, -0.15) is 0 Å². The van der Waals surface area contributed by atoms with Crippen LogP contribution in [0.3, 0.4) is 0 Å². The van der Waals surface area contributed by atoms with Crippen molar-refractivity contribution in [2.24, 2.45) is 0 Å². The van der Waals surface area contributed by atoms with Gasteiger partial charge in [0.1, 0.15) is 5.75 Å². The summed E-state index contributed by atoms with van der Waals surface area (Å²) in [6, 6.07) is 5.41. The number of amides is 3. The lowest BCUT2D eigenvalue weighted by Crippen LogP contribution is -2.42. The Hall–Kier alpha value is -2.61. The number of carbonyl (C=O) groups is 3. The van der Waals surface area contributed by atoms with Crippen LogP contribution in [-0.4, -0.2) is 58.1 Å². The molecular formula is C18H26N4O4. The van der Waals surface area contributed by atoms with Crippen molar-refractivity contribution in [1.82, 2.24) is 16.0 Å². The lowest BCUT2D eigenvalue weighted by molar-refractivity contribution is -0.125. The highest BCUT2D eigenvalue weighted by Gasteiger charge is 2.18. The zero-order valence-electron chi connectivity index (χ0n) is 15.2. The van der Waals surface area contributed by atoms with Gasteiger partial charge < -0.3 is 20.3 Å². The van der Waals surface area contributed by atoms with Gasteiger partial charge in [-0.15, -0.1) is 0 Å². The van der Waals surface area contributed by atoms with Crippen molar-refractivity contribution < 1.29 is 19.1 Å². The highest BCUT2D eigenvalue weighted by Crippen LogP contribution is 2.28. The Kier molecular flexibility index (Phi) is 7.40. The first-order valence-corrected chi connectivity index (χ1v) is 8.69. The second-order valence-electron chi connectivity index (χ2n) is 6.24. The van der Waals surface area contributed by atoms with Gasteiger partial charge in [-0.25, -0.2) is 0 Å². The number of anilines is 1. The topological polar surface area (TPSA) is 99.8 Å². The van der Waals surface area contributed by atoms with E-state index < -0.39 is 0 Å². The number of piperidine rings is 1. The van der Waals surface area contributed by atoms with Crippen LogP contribution in [0.2, 0.25) is 0 Å². The zero-order valence-corrected chi connectivity index (χ0v) is 15.2. The summed E-state index contributed by atoms with van der Waals surface area (Å²) < 4.78 is 5.37. The predicted octanol–water partition coefficient (Wildman–Crippen LogP) is 0.276. The number of imide groups is 1. The van der Waals surface area contributed by atoms with E-state index in [2.05, 4.69) is 16.0 Å². The van der Waals surface area contributed by atoms with Crippen molar-refractivity contribution in [2.75, 3.05) is 38.7 Å². The van der Waals surface area contributed by atoms with Gasteiger partial charge in [0.25, 0.3) is 5.91 Å². The van der Waals surface area contributed by atoms with Crippen LogP contribution in [0.5, 0.6) is 5.75 Å². The molecule has 8 heteroatoms. The van der Waals surface area contributed by atoms with Gasteiger partial charge in [-0.3, -0.25) is 19.7 Å². The first-order chi connectivity index (χ1) is 12.5. The fourth-order valence-electron chi connectivity index (χ4n) is 2.89. The zero-order chi connectivity index (χ0) is 18.9. The molecule has 1 aliphatic rings. The van der Waals surface area contributed by atoms with E-state index in [0.29, 0.717) is 30.0 Å². The lowest BCUT2D eigenvalue weighted by Gasteiger charge is -2.25. The maximum absolute atomic E-state index is 12.5. The van der Waals surface area contributed by atoms with E-state index in [0.717, 1.165) is 25.9 Å². The molecule has 1 aromatic carbocycles. The number of carbonyl (C=O) groups excluding carboxylic acids is 3. The van der Waals surface area contributed by atoms with Gasteiger partial charge >= 0.3 is 0 Å². The predicted molar refractivity (Wildman–Crippen MR) is 98.4 cm³/mol. The van der Waals surface area contributed by atoms with Crippen LogP contribution in [0, 0.1) is 0 Å². The molecule has 0 aromatic heterocycles. The monoisotopic (exact) mass is 362 g/mol. The van der Waals surface area contributed by atoms with Crippen LogP contribution >= 0.6 is 0 Å². The molecule has 0 bridgehead atoms. The molecule has 0 aliphatic carbocycles. The fourth-order valence-corrected chi connectivity index (χ4v) is 2.89. The maximum Gasteiger partial charge on any atom is 0.251 e. The molecule has 0 atom stereocenters. The SMILES string of the molecule is COc1ccc(C(=O)NC2CCNCC2)cc1N(C)CCC(=O)NC=O. The van der Waals surface area contributed by atoms with Crippen LogP contribution in [0.1, 0.15) is 29.6 Å². The number of hydrogen-bond acceptors (Lipinski definition) is 6. The second-order valence-corrected chi connectivity index (χ2v) is 6.24. The lowest BCUT2D eigenvalue weighted by atomic mass is 10.1. The summed E-state index contributed by atoms with van der Waals surface area (Å²) in [6.45, 7) is 2.20. The molecule has 0 radical (unpaired) electrons. The largest absolute Gasteiger partial charge is 0.495 e. The van der Waals surface area contributed by atoms with Gasteiger partial charge in [-0.05, 0) is 44.1 Å². The second kappa shape index (κ2) is 9.76. The minimum Gasteiger partial charge on any atom is -0.495 e. The van der Waals surface area contributed by atoms with Crippen molar-refractivity contribution >= 4 is 23.9 Å². The van der Waals surface area contributed by atoms with E-state index in [1.807, 2.05) is 4.90 Å². The Morgan fingerprint density at radius 3 is 2.73 bits per heavy atom. The minimum atomic E-state index is -0.356. The molecule has 1 aromatic rings. The summed E-state index contributed by atoms with van der Waals surface area (Å²) in [5, 5.41) is 8.44. The van der Waals surface area contributed by atoms with Crippen LogP contribution in [0.4, 0.5) is 5.69 Å². The molecule has 0 saturated carbocycles. The molecule has 1 aliphatic heterocycles. The molecule has 3 N–H and O–H groups in total. The fraction of sp³-hybridized carbons (Fsp3) is 0.500. The number of nitrogens with one attached hydrogen (secondary N) is 3. The highest BCUT2D eigenvalue weighted by molar-refractivity contribution is 5.96. The van der Waals surface area contributed by atoms with Gasteiger partial charge in [0.2, 0.25) is 12.3 Å². The Labute approximate surface area is 153 Å². The summed E-state index contributed by atoms with van der Waals surface area (Å²) in [7, 11) is 3.36. The Morgan fingerprint density at radius 1 is 1.35 bits per heavy atom. The van der Waals surface area contributed by atoms with Crippen molar-refractivity contribution in [3.8, 4) is 5.75 Å². The molecule has 1 heterocycles. The number of benzene rings is 1. The Morgan fingerprint density at radius 2 is 2.08 bits per heavy atom. The van der Waals surface area contributed by atoms with Gasteiger partial charge in [0.15, 0.2) is 0 Å². The van der Waals surface area contributed by atoms with Gasteiger partial charge in [0.05, 0.1) is 12.8 Å². The number of hydrogen-bond donors (Lipinski definition) is 3. The van der Waals surface area contributed by atoms with Crippen molar-refractivity contribution in [2.45, 2.75) is 25.3 Å². The molecule has 8 nitrogen and oxygen atoms in total. The number of nitrogens with zero attached hydrogens (tertiary/aromatic N) is 1. The van der Waals surface area contributed by atoms with E-state index in [4.69, 9.17) is 4.74 Å². The average molecular weight is 362 g/mol. The molecule has 26 heavy (non-hydrogen) atoms. The summed E-state index contributed by atoms with van der Waals surface area (Å²) in [6.07, 6.45) is 2.36. The molecule has 0 spiro atoms. The normalized spacial score (nSPS) is 14.4. The molecule has 3 amide bonds. The molecule has 0 unspecified atom stereocenters. The molecular weight excluding hydrogens is 336 g/mol. The Balaban J connectivity index is 2.07. The maximum atomic E-state index is 12.5. The van der Waals surface area contributed by atoms with Crippen molar-refractivity contribution in [3.05, 3.63) is 23.8 Å². The average Bonchev–Trinajstić information content (AvgIpc) is 2.66.